The van der Waals surface area contributed by atoms with E-state index in [-0.39, 0.29) is 17.7 Å². The number of pyridine rings is 1. The summed E-state index contributed by atoms with van der Waals surface area (Å²) in [6.45, 7) is 2.83. The number of carbonyl (C=O) groups is 2. The van der Waals surface area contributed by atoms with Crippen LogP contribution in [-0.4, -0.2) is 65.1 Å². The molecule has 1 atom stereocenters. The standard InChI is InChI=1S/C19H22N6O2/c1-24-12-15(8-18(24)26)19(27)21-9-13-10-25(11-13)17-3-2-16(22-23-17)14-4-6-20-7-5-14/h2-7,13,15H,8-12H2,1H3,(H,21,27). The number of carbonyl (C=O) groups excluding carboxylic acids is 2. The quantitative estimate of drug-likeness (QED) is 0.832. The van der Waals surface area contributed by atoms with Gasteiger partial charge in [-0.2, -0.15) is 0 Å². The largest absolute Gasteiger partial charge is 0.355 e. The van der Waals surface area contributed by atoms with Crippen LogP contribution in [0.25, 0.3) is 11.3 Å². The third-order valence-corrected chi connectivity index (χ3v) is 5.18. The van der Waals surface area contributed by atoms with Gasteiger partial charge in [-0.15, -0.1) is 10.2 Å². The molecule has 1 N–H and O–H groups in total. The summed E-state index contributed by atoms with van der Waals surface area (Å²) < 4.78 is 0. The molecule has 4 heterocycles. The van der Waals surface area contributed by atoms with Crippen LogP contribution in [0.5, 0.6) is 0 Å². The fraction of sp³-hybridized carbons (Fsp3) is 0.421. The molecule has 0 radical (unpaired) electrons. The van der Waals surface area contributed by atoms with E-state index in [2.05, 4.69) is 25.4 Å². The van der Waals surface area contributed by atoms with Crippen molar-refractivity contribution in [3.63, 3.8) is 0 Å². The first-order chi connectivity index (χ1) is 13.1. The van der Waals surface area contributed by atoms with Gasteiger partial charge >= 0.3 is 0 Å². The number of hydrogen-bond acceptors (Lipinski definition) is 6. The molecular weight excluding hydrogens is 344 g/mol. The molecule has 2 aliphatic heterocycles. The topological polar surface area (TPSA) is 91.3 Å². The Morgan fingerprint density at radius 1 is 1.15 bits per heavy atom. The number of rotatable bonds is 5. The second-order valence-electron chi connectivity index (χ2n) is 7.20. The van der Waals surface area contributed by atoms with E-state index in [4.69, 9.17) is 0 Å². The predicted molar refractivity (Wildman–Crippen MR) is 99.7 cm³/mol. The average molecular weight is 366 g/mol. The molecule has 2 aromatic heterocycles. The molecule has 2 aliphatic rings. The van der Waals surface area contributed by atoms with E-state index in [0.717, 1.165) is 30.2 Å². The number of aromatic nitrogens is 3. The van der Waals surface area contributed by atoms with Crippen LogP contribution in [0.2, 0.25) is 0 Å². The fourth-order valence-electron chi connectivity index (χ4n) is 3.48. The van der Waals surface area contributed by atoms with Crippen molar-refractivity contribution in [2.75, 3.05) is 38.1 Å². The Morgan fingerprint density at radius 3 is 2.56 bits per heavy atom. The highest BCUT2D eigenvalue weighted by atomic mass is 16.2. The van der Waals surface area contributed by atoms with Gasteiger partial charge < -0.3 is 15.1 Å². The first-order valence-corrected chi connectivity index (χ1v) is 9.11. The van der Waals surface area contributed by atoms with Crippen LogP contribution in [0.3, 0.4) is 0 Å². The Balaban J connectivity index is 1.24. The second kappa shape index (κ2) is 7.30. The van der Waals surface area contributed by atoms with Crippen molar-refractivity contribution in [3.05, 3.63) is 36.7 Å². The Bertz CT molecular complexity index is 820. The molecule has 140 valence electrons. The average Bonchev–Trinajstić information content (AvgIpc) is 3.00. The van der Waals surface area contributed by atoms with Crippen LogP contribution >= 0.6 is 0 Å². The maximum absolute atomic E-state index is 12.2. The summed E-state index contributed by atoms with van der Waals surface area (Å²) in [6, 6.07) is 7.74. The van der Waals surface area contributed by atoms with E-state index in [1.165, 1.54) is 0 Å². The summed E-state index contributed by atoms with van der Waals surface area (Å²) in [5.74, 6) is 1.04. The molecule has 2 fully saturated rings. The summed E-state index contributed by atoms with van der Waals surface area (Å²) in [5, 5.41) is 11.6. The van der Waals surface area contributed by atoms with Gasteiger partial charge in [-0.05, 0) is 24.3 Å². The molecule has 8 nitrogen and oxygen atoms in total. The molecular formula is C19H22N6O2. The van der Waals surface area contributed by atoms with Crippen molar-refractivity contribution in [2.45, 2.75) is 6.42 Å². The van der Waals surface area contributed by atoms with Gasteiger partial charge in [-0.1, -0.05) is 0 Å². The van der Waals surface area contributed by atoms with Gasteiger partial charge in [0.15, 0.2) is 5.82 Å². The lowest BCUT2D eigenvalue weighted by atomic mass is 9.99. The molecule has 27 heavy (non-hydrogen) atoms. The smallest absolute Gasteiger partial charge is 0.225 e. The van der Waals surface area contributed by atoms with Crippen LogP contribution < -0.4 is 10.2 Å². The summed E-state index contributed by atoms with van der Waals surface area (Å²) in [4.78, 5) is 31.5. The number of hydrogen-bond donors (Lipinski definition) is 1. The molecule has 1 unspecified atom stereocenters. The van der Waals surface area contributed by atoms with Crippen molar-refractivity contribution in [1.29, 1.82) is 0 Å². The summed E-state index contributed by atoms with van der Waals surface area (Å²) in [7, 11) is 1.74. The minimum absolute atomic E-state index is 0.0207. The van der Waals surface area contributed by atoms with Crippen molar-refractivity contribution in [2.24, 2.45) is 11.8 Å². The van der Waals surface area contributed by atoms with Gasteiger partial charge in [0.25, 0.3) is 0 Å². The molecule has 0 aliphatic carbocycles. The van der Waals surface area contributed by atoms with Crippen molar-refractivity contribution < 1.29 is 9.59 Å². The van der Waals surface area contributed by atoms with E-state index >= 15 is 0 Å². The highest BCUT2D eigenvalue weighted by Gasteiger charge is 2.33. The third-order valence-electron chi connectivity index (χ3n) is 5.18. The molecule has 4 rings (SSSR count). The van der Waals surface area contributed by atoms with Crippen LogP contribution in [0.4, 0.5) is 5.82 Å². The second-order valence-corrected chi connectivity index (χ2v) is 7.20. The third kappa shape index (κ3) is 3.74. The van der Waals surface area contributed by atoms with Crippen LogP contribution in [0.15, 0.2) is 36.7 Å². The van der Waals surface area contributed by atoms with E-state index in [1.54, 1.807) is 24.3 Å². The minimum atomic E-state index is -0.217. The Hall–Kier alpha value is -3.03. The van der Waals surface area contributed by atoms with Gasteiger partial charge in [0.2, 0.25) is 11.8 Å². The predicted octanol–water partition coefficient (Wildman–Crippen LogP) is 0.569. The molecule has 8 heteroatoms. The number of likely N-dealkylation sites (tertiary alicyclic amines) is 1. The van der Waals surface area contributed by atoms with Crippen molar-refractivity contribution in [1.82, 2.24) is 25.4 Å². The monoisotopic (exact) mass is 366 g/mol. The lowest BCUT2D eigenvalue weighted by Gasteiger charge is -2.40. The zero-order chi connectivity index (χ0) is 18.8. The van der Waals surface area contributed by atoms with E-state index in [1.807, 2.05) is 24.3 Å². The van der Waals surface area contributed by atoms with E-state index < -0.39 is 0 Å². The number of nitrogens with one attached hydrogen (secondary N) is 1. The molecule has 0 aromatic carbocycles. The molecule has 2 aromatic rings. The van der Waals surface area contributed by atoms with Crippen molar-refractivity contribution in [3.8, 4) is 11.3 Å². The normalized spacial score (nSPS) is 19.9. The van der Waals surface area contributed by atoms with Gasteiger partial charge in [0.05, 0.1) is 11.6 Å². The highest BCUT2D eigenvalue weighted by Crippen LogP contribution is 2.24. The molecule has 0 saturated carbocycles. The van der Waals surface area contributed by atoms with E-state index in [0.29, 0.717) is 25.4 Å². The highest BCUT2D eigenvalue weighted by molar-refractivity contribution is 5.89. The molecule has 0 bridgehead atoms. The Kier molecular flexibility index (Phi) is 4.70. The van der Waals surface area contributed by atoms with Gasteiger partial charge in [-0.3, -0.25) is 14.6 Å². The number of amides is 2. The maximum Gasteiger partial charge on any atom is 0.225 e. The van der Waals surface area contributed by atoms with Crippen LogP contribution in [0, 0.1) is 11.8 Å². The zero-order valence-electron chi connectivity index (χ0n) is 15.2. The Labute approximate surface area is 157 Å². The number of nitrogens with zero attached hydrogens (tertiary/aromatic N) is 5. The maximum atomic E-state index is 12.2. The first kappa shape index (κ1) is 17.4. The van der Waals surface area contributed by atoms with E-state index in [9.17, 15) is 9.59 Å². The zero-order valence-corrected chi connectivity index (χ0v) is 15.2. The van der Waals surface area contributed by atoms with Gasteiger partial charge in [0.1, 0.15) is 0 Å². The summed E-state index contributed by atoms with van der Waals surface area (Å²) in [5.41, 5.74) is 1.81. The summed E-state index contributed by atoms with van der Waals surface area (Å²) in [6.07, 6.45) is 3.79. The SMILES string of the molecule is CN1CC(C(=O)NCC2CN(c3ccc(-c4ccncc4)nn3)C2)CC1=O. The van der Waals surface area contributed by atoms with Crippen LogP contribution in [-0.2, 0) is 9.59 Å². The molecule has 0 spiro atoms. The van der Waals surface area contributed by atoms with Crippen LogP contribution in [0.1, 0.15) is 6.42 Å². The first-order valence-electron chi connectivity index (χ1n) is 9.11. The minimum Gasteiger partial charge on any atom is -0.355 e. The van der Waals surface area contributed by atoms with Gasteiger partial charge in [-0.25, -0.2) is 0 Å². The lowest BCUT2D eigenvalue weighted by molar-refractivity contribution is -0.128. The fourth-order valence-corrected chi connectivity index (χ4v) is 3.48. The number of anilines is 1. The van der Waals surface area contributed by atoms with Gasteiger partial charge in [0, 0.05) is 63.5 Å². The summed E-state index contributed by atoms with van der Waals surface area (Å²) >= 11 is 0. The lowest BCUT2D eigenvalue weighted by Crippen LogP contribution is -2.52. The molecule has 2 amide bonds. The van der Waals surface area contributed by atoms with Crippen molar-refractivity contribution >= 4 is 17.6 Å². The molecule has 2 saturated heterocycles. The Morgan fingerprint density at radius 2 is 1.93 bits per heavy atom.